The van der Waals surface area contributed by atoms with E-state index in [0.717, 1.165) is 41.7 Å². The van der Waals surface area contributed by atoms with Crippen LogP contribution in [-0.4, -0.2) is 37.1 Å². The van der Waals surface area contributed by atoms with Gasteiger partial charge in [-0.05, 0) is 43.2 Å². The van der Waals surface area contributed by atoms with Gasteiger partial charge in [-0.15, -0.1) is 0 Å². The fourth-order valence-corrected chi connectivity index (χ4v) is 4.17. The Morgan fingerprint density at radius 1 is 1.03 bits per heavy atom. The van der Waals surface area contributed by atoms with Crippen molar-refractivity contribution >= 4 is 16.8 Å². The van der Waals surface area contributed by atoms with Crippen molar-refractivity contribution in [2.45, 2.75) is 33.1 Å². The summed E-state index contributed by atoms with van der Waals surface area (Å²) >= 11 is 0. The number of quaternary nitrogens is 1. The van der Waals surface area contributed by atoms with Crippen LogP contribution in [0.1, 0.15) is 40.7 Å². The number of benzene rings is 2. The Hall–Kier alpha value is -2.72. The SMILES string of the molecule is Cc1ccc(-c2cc(C(=O)NCCC[NH+]3CCCC3)c3ccccc3n2)cc1C. The second-order valence-electron chi connectivity index (χ2n) is 8.19. The minimum absolute atomic E-state index is 0.00916. The zero-order valence-corrected chi connectivity index (χ0v) is 17.4. The third-order valence-electron chi connectivity index (χ3n) is 6.07. The summed E-state index contributed by atoms with van der Waals surface area (Å²) in [4.78, 5) is 19.5. The summed E-state index contributed by atoms with van der Waals surface area (Å²) in [6, 6.07) is 16.2. The van der Waals surface area contributed by atoms with Gasteiger partial charge in [0.25, 0.3) is 5.91 Å². The Bertz CT molecular complexity index is 1020. The number of aromatic nitrogens is 1. The van der Waals surface area contributed by atoms with Gasteiger partial charge in [-0.1, -0.05) is 30.3 Å². The Labute approximate surface area is 173 Å². The minimum Gasteiger partial charge on any atom is -0.352 e. The molecule has 4 nitrogen and oxygen atoms in total. The summed E-state index contributed by atoms with van der Waals surface area (Å²) < 4.78 is 0. The fourth-order valence-electron chi connectivity index (χ4n) is 4.17. The van der Waals surface area contributed by atoms with Crippen molar-refractivity contribution in [1.29, 1.82) is 0 Å². The number of para-hydroxylation sites is 1. The van der Waals surface area contributed by atoms with Crippen molar-refractivity contribution in [2.75, 3.05) is 26.2 Å². The lowest BCUT2D eigenvalue weighted by Crippen LogP contribution is -3.10. The molecule has 0 saturated carbocycles. The smallest absolute Gasteiger partial charge is 0.252 e. The standard InChI is InChI=1S/C25H29N3O/c1-18-10-11-20(16-19(18)2)24-17-22(21-8-3-4-9-23(21)27-24)25(29)26-12-7-15-28-13-5-6-14-28/h3-4,8-11,16-17H,5-7,12-15H2,1-2H3,(H,26,29)/p+1. The van der Waals surface area contributed by atoms with E-state index in [-0.39, 0.29) is 5.91 Å². The number of likely N-dealkylation sites (tertiary alicyclic amines) is 1. The van der Waals surface area contributed by atoms with Gasteiger partial charge >= 0.3 is 0 Å². The van der Waals surface area contributed by atoms with Gasteiger partial charge in [0.15, 0.2) is 0 Å². The molecule has 2 aromatic carbocycles. The molecule has 0 aliphatic carbocycles. The Morgan fingerprint density at radius 2 is 1.83 bits per heavy atom. The fraction of sp³-hybridized carbons (Fsp3) is 0.360. The Kier molecular flexibility index (Phi) is 5.91. The van der Waals surface area contributed by atoms with Gasteiger partial charge in [-0.2, -0.15) is 0 Å². The van der Waals surface area contributed by atoms with Crippen LogP contribution in [0.2, 0.25) is 0 Å². The highest BCUT2D eigenvalue weighted by Gasteiger charge is 2.16. The maximum absolute atomic E-state index is 13.0. The molecule has 1 aliphatic rings. The van der Waals surface area contributed by atoms with E-state index in [0.29, 0.717) is 5.56 Å². The molecule has 0 spiro atoms. The summed E-state index contributed by atoms with van der Waals surface area (Å²) in [5.74, 6) is -0.00916. The quantitative estimate of drug-likeness (QED) is 0.637. The average Bonchev–Trinajstić information content (AvgIpc) is 3.26. The normalized spacial score (nSPS) is 14.4. The van der Waals surface area contributed by atoms with Crippen molar-refractivity contribution in [1.82, 2.24) is 10.3 Å². The third kappa shape index (κ3) is 4.48. The van der Waals surface area contributed by atoms with E-state index >= 15 is 0 Å². The van der Waals surface area contributed by atoms with Crippen LogP contribution in [0.4, 0.5) is 0 Å². The van der Waals surface area contributed by atoms with Crippen LogP contribution in [-0.2, 0) is 0 Å². The second kappa shape index (κ2) is 8.75. The molecular weight excluding hydrogens is 358 g/mol. The van der Waals surface area contributed by atoms with E-state index in [4.69, 9.17) is 4.98 Å². The zero-order valence-electron chi connectivity index (χ0n) is 17.4. The number of amides is 1. The maximum atomic E-state index is 13.0. The highest BCUT2D eigenvalue weighted by atomic mass is 16.1. The maximum Gasteiger partial charge on any atom is 0.252 e. The number of aryl methyl sites for hydroxylation is 2. The molecule has 4 heteroatoms. The minimum atomic E-state index is -0.00916. The number of nitrogens with one attached hydrogen (secondary N) is 2. The Balaban J connectivity index is 1.56. The van der Waals surface area contributed by atoms with Crippen molar-refractivity contribution in [2.24, 2.45) is 0 Å². The molecular formula is C25H30N3O+. The molecule has 1 fully saturated rings. The number of hydrogen-bond acceptors (Lipinski definition) is 2. The molecule has 3 aromatic rings. The number of rotatable bonds is 6. The lowest BCUT2D eigenvalue weighted by molar-refractivity contribution is -0.887. The molecule has 0 atom stereocenters. The lowest BCUT2D eigenvalue weighted by Gasteiger charge is -2.13. The van der Waals surface area contributed by atoms with Crippen molar-refractivity contribution < 1.29 is 9.69 Å². The summed E-state index contributed by atoms with van der Waals surface area (Å²) in [6.07, 6.45) is 3.70. The average molecular weight is 389 g/mol. The lowest BCUT2D eigenvalue weighted by atomic mass is 10.0. The second-order valence-corrected chi connectivity index (χ2v) is 8.19. The molecule has 2 heterocycles. The molecule has 1 aromatic heterocycles. The number of carbonyl (C=O) groups is 1. The first-order chi connectivity index (χ1) is 14.1. The molecule has 0 bridgehead atoms. The van der Waals surface area contributed by atoms with Crippen molar-refractivity contribution in [3.63, 3.8) is 0 Å². The van der Waals surface area contributed by atoms with E-state index in [1.165, 1.54) is 37.1 Å². The van der Waals surface area contributed by atoms with Gasteiger partial charge in [0.1, 0.15) is 0 Å². The number of fused-ring (bicyclic) bond motifs is 1. The molecule has 2 N–H and O–H groups in total. The van der Waals surface area contributed by atoms with Crippen LogP contribution in [0.5, 0.6) is 0 Å². The van der Waals surface area contributed by atoms with Gasteiger partial charge in [0, 0.05) is 36.8 Å². The van der Waals surface area contributed by atoms with Crippen LogP contribution < -0.4 is 10.2 Å². The monoisotopic (exact) mass is 388 g/mol. The molecule has 1 saturated heterocycles. The van der Waals surface area contributed by atoms with Gasteiger partial charge in [-0.3, -0.25) is 4.79 Å². The van der Waals surface area contributed by atoms with Crippen LogP contribution >= 0.6 is 0 Å². The third-order valence-corrected chi connectivity index (χ3v) is 6.07. The predicted molar refractivity (Wildman–Crippen MR) is 118 cm³/mol. The summed E-state index contributed by atoms with van der Waals surface area (Å²) in [6.45, 7) is 8.64. The topological polar surface area (TPSA) is 46.4 Å². The van der Waals surface area contributed by atoms with Gasteiger partial charge < -0.3 is 10.2 Å². The van der Waals surface area contributed by atoms with Crippen molar-refractivity contribution in [3.8, 4) is 11.3 Å². The first-order valence-electron chi connectivity index (χ1n) is 10.7. The molecule has 0 unspecified atom stereocenters. The largest absolute Gasteiger partial charge is 0.352 e. The summed E-state index contributed by atoms with van der Waals surface area (Å²) in [5.41, 5.74) is 5.94. The molecule has 1 amide bonds. The molecule has 1 aliphatic heterocycles. The van der Waals surface area contributed by atoms with Crippen LogP contribution in [0, 0.1) is 13.8 Å². The van der Waals surface area contributed by atoms with Crippen molar-refractivity contribution in [3.05, 3.63) is 65.2 Å². The highest BCUT2D eigenvalue weighted by molar-refractivity contribution is 6.07. The van der Waals surface area contributed by atoms with Gasteiger partial charge in [0.05, 0.1) is 36.4 Å². The van der Waals surface area contributed by atoms with E-state index in [9.17, 15) is 4.79 Å². The number of hydrogen-bond donors (Lipinski definition) is 2. The van der Waals surface area contributed by atoms with Crippen LogP contribution in [0.25, 0.3) is 22.2 Å². The summed E-state index contributed by atoms with van der Waals surface area (Å²) in [5, 5.41) is 4.04. The zero-order chi connectivity index (χ0) is 20.2. The highest BCUT2D eigenvalue weighted by Crippen LogP contribution is 2.26. The predicted octanol–water partition coefficient (Wildman–Crippen LogP) is 3.32. The number of nitrogens with zero attached hydrogens (tertiary/aromatic N) is 1. The number of carbonyl (C=O) groups excluding carboxylic acids is 1. The molecule has 0 radical (unpaired) electrons. The molecule has 4 rings (SSSR count). The van der Waals surface area contributed by atoms with Gasteiger partial charge in [0.2, 0.25) is 0 Å². The van der Waals surface area contributed by atoms with E-state index < -0.39 is 0 Å². The first-order valence-corrected chi connectivity index (χ1v) is 10.7. The first kappa shape index (κ1) is 19.6. The summed E-state index contributed by atoms with van der Waals surface area (Å²) in [7, 11) is 0. The van der Waals surface area contributed by atoms with E-state index in [1.54, 1.807) is 4.90 Å². The van der Waals surface area contributed by atoms with E-state index in [1.807, 2.05) is 30.3 Å². The van der Waals surface area contributed by atoms with Gasteiger partial charge in [-0.25, -0.2) is 4.98 Å². The molecule has 150 valence electrons. The molecule has 29 heavy (non-hydrogen) atoms. The van der Waals surface area contributed by atoms with E-state index in [2.05, 4.69) is 37.4 Å². The Morgan fingerprint density at radius 3 is 2.62 bits per heavy atom. The van der Waals surface area contributed by atoms with Crippen LogP contribution in [0.15, 0.2) is 48.5 Å². The van der Waals surface area contributed by atoms with Crippen LogP contribution in [0.3, 0.4) is 0 Å². The number of pyridine rings is 1.